The van der Waals surface area contributed by atoms with Crippen molar-refractivity contribution < 1.29 is 14.3 Å². The third-order valence-electron chi connectivity index (χ3n) is 6.18. The highest BCUT2D eigenvalue weighted by Gasteiger charge is 2.24. The minimum absolute atomic E-state index is 0.00853. The van der Waals surface area contributed by atoms with E-state index in [0.29, 0.717) is 25.3 Å². The summed E-state index contributed by atoms with van der Waals surface area (Å²) in [5.74, 6) is -0.240. The van der Waals surface area contributed by atoms with Crippen molar-refractivity contribution in [3.05, 3.63) is 95.3 Å². The average Bonchev–Trinajstić information content (AvgIpc) is 3.31. The van der Waals surface area contributed by atoms with Crippen LogP contribution in [-0.4, -0.2) is 59.0 Å². The van der Waals surface area contributed by atoms with Crippen LogP contribution in [0, 0.1) is 0 Å². The lowest BCUT2D eigenvalue weighted by Gasteiger charge is -2.31. The minimum Gasteiger partial charge on any atom is -0.383 e. The first kappa shape index (κ1) is 26.2. The van der Waals surface area contributed by atoms with Crippen molar-refractivity contribution in [1.29, 1.82) is 0 Å². The predicted octanol–water partition coefficient (Wildman–Crippen LogP) is 4.62. The van der Waals surface area contributed by atoms with Gasteiger partial charge in [0, 0.05) is 43.7 Å². The summed E-state index contributed by atoms with van der Waals surface area (Å²) >= 11 is 0. The molecule has 0 aliphatic carbocycles. The number of methoxy groups -OCH3 is 1. The molecule has 0 spiro atoms. The number of carbonyl (C=O) groups excluding carboxylic acids is 2. The van der Waals surface area contributed by atoms with Crippen molar-refractivity contribution in [3.8, 4) is 0 Å². The molecule has 0 N–H and O–H groups in total. The number of benzene rings is 2. The molecule has 1 aromatic heterocycles. The fourth-order valence-electron chi connectivity index (χ4n) is 4.03. The van der Waals surface area contributed by atoms with Crippen molar-refractivity contribution in [2.24, 2.45) is 0 Å². The highest BCUT2D eigenvalue weighted by Crippen LogP contribution is 2.15. The molecule has 3 rings (SSSR count). The van der Waals surface area contributed by atoms with E-state index in [1.807, 2.05) is 73.5 Å². The van der Waals surface area contributed by atoms with Crippen molar-refractivity contribution in [3.63, 3.8) is 0 Å². The van der Waals surface area contributed by atoms with Crippen molar-refractivity contribution in [2.45, 2.75) is 46.3 Å². The standard InChI is InChI=1S/C29H37N3O3/c1-5-24-13-15-26(16-14-24)29(34)31(18-19-35-4)22-28(33)32(23(2)3)21-27-12-9-17-30(27)20-25-10-7-6-8-11-25/h6-17,23H,5,18-22H2,1-4H3. The van der Waals surface area contributed by atoms with Gasteiger partial charge in [-0.2, -0.15) is 0 Å². The van der Waals surface area contributed by atoms with Crippen LogP contribution < -0.4 is 0 Å². The summed E-state index contributed by atoms with van der Waals surface area (Å²) in [6.45, 7) is 8.05. The van der Waals surface area contributed by atoms with E-state index in [9.17, 15) is 9.59 Å². The molecule has 2 aromatic carbocycles. The maximum Gasteiger partial charge on any atom is 0.254 e. The molecule has 0 radical (unpaired) electrons. The van der Waals surface area contributed by atoms with Gasteiger partial charge in [0.2, 0.25) is 5.91 Å². The average molecular weight is 476 g/mol. The summed E-state index contributed by atoms with van der Waals surface area (Å²) in [6, 6.07) is 21.9. The highest BCUT2D eigenvalue weighted by atomic mass is 16.5. The third kappa shape index (κ3) is 7.30. The number of amides is 2. The molecule has 3 aromatic rings. The maximum absolute atomic E-state index is 13.5. The Balaban J connectivity index is 1.74. The number of ether oxygens (including phenoxy) is 1. The van der Waals surface area contributed by atoms with Gasteiger partial charge in [0.05, 0.1) is 13.2 Å². The Bertz CT molecular complexity index is 1070. The highest BCUT2D eigenvalue weighted by molar-refractivity contribution is 5.96. The topological polar surface area (TPSA) is 54.8 Å². The van der Waals surface area contributed by atoms with E-state index in [0.717, 1.165) is 18.7 Å². The molecule has 6 nitrogen and oxygen atoms in total. The van der Waals surface area contributed by atoms with E-state index in [4.69, 9.17) is 4.74 Å². The van der Waals surface area contributed by atoms with Gasteiger partial charge in [-0.05, 0) is 55.7 Å². The Hall–Kier alpha value is -3.38. The van der Waals surface area contributed by atoms with Gasteiger partial charge in [-0.15, -0.1) is 0 Å². The van der Waals surface area contributed by atoms with Crippen LogP contribution in [0.2, 0.25) is 0 Å². The first-order chi connectivity index (χ1) is 16.9. The van der Waals surface area contributed by atoms with E-state index in [1.165, 1.54) is 11.1 Å². The van der Waals surface area contributed by atoms with E-state index in [2.05, 4.69) is 29.7 Å². The van der Waals surface area contributed by atoms with Crippen LogP contribution in [0.3, 0.4) is 0 Å². The second-order valence-electron chi connectivity index (χ2n) is 9.00. The molecule has 0 unspecified atom stereocenters. The van der Waals surface area contributed by atoms with Crippen LogP contribution in [0.25, 0.3) is 0 Å². The fourth-order valence-corrected chi connectivity index (χ4v) is 4.03. The second kappa shape index (κ2) is 12.9. The van der Waals surface area contributed by atoms with Crippen LogP contribution >= 0.6 is 0 Å². The molecule has 35 heavy (non-hydrogen) atoms. The quantitative estimate of drug-likeness (QED) is 0.384. The van der Waals surface area contributed by atoms with Gasteiger partial charge in [-0.25, -0.2) is 0 Å². The van der Waals surface area contributed by atoms with Gasteiger partial charge in [0.1, 0.15) is 6.54 Å². The van der Waals surface area contributed by atoms with Crippen molar-refractivity contribution in [1.82, 2.24) is 14.4 Å². The second-order valence-corrected chi connectivity index (χ2v) is 9.00. The summed E-state index contributed by atoms with van der Waals surface area (Å²) in [5.41, 5.74) is 4.02. The molecule has 6 heteroatoms. The van der Waals surface area contributed by atoms with Gasteiger partial charge in [-0.1, -0.05) is 49.4 Å². The van der Waals surface area contributed by atoms with Gasteiger partial charge >= 0.3 is 0 Å². The molecule has 186 valence electrons. The smallest absolute Gasteiger partial charge is 0.254 e. The van der Waals surface area contributed by atoms with Crippen molar-refractivity contribution >= 4 is 11.8 Å². The third-order valence-corrected chi connectivity index (χ3v) is 6.18. The van der Waals surface area contributed by atoms with Crippen LogP contribution in [0.5, 0.6) is 0 Å². The number of aromatic nitrogens is 1. The molecule has 0 saturated carbocycles. The van der Waals surface area contributed by atoms with Crippen LogP contribution in [-0.2, 0) is 29.0 Å². The lowest BCUT2D eigenvalue weighted by atomic mass is 10.1. The first-order valence-electron chi connectivity index (χ1n) is 12.3. The Morgan fingerprint density at radius 2 is 1.66 bits per heavy atom. The normalized spacial score (nSPS) is 11.0. The Morgan fingerprint density at radius 3 is 2.29 bits per heavy atom. The number of nitrogens with zero attached hydrogens (tertiary/aromatic N) is 3. The molecule has 1 heterocycles. The zero-order valence-electron chi connectivity index (χ0n) is 21.3. The summed E-state index contributed by atoms with van der Waals surface area (Å²) in [4.78, 5) is 30.1. The van der Waals surface area contributed by atoms with E-state index in [-0.39, 0.29) is 24.4 Å². The molecule has 2 amide bonds. The maximum atomic E-state index is 13.5. The molecule has 0 bridgehead atoms. The van der Waals surface area contributed by atoms with Crippen LogP contribution in [0.4, 0.5) is 0 Å². The van der Waals surface area contributed by atoms with Gasteiger partial charge in [0.15, 0.2) is 0 Å². The molecule has 0 atom stereocenters. The Morgan fingerprint density at radius 1 is 0.943 bits per heavy atom. The number of aryl methyl sites for hydroxylation is 1. The number of hydrogen-bond acceptors (Lipinski definition) is 3. The fraction of sp³-hybridized carbons (Fsp3) is 0.379. The number of hydrogen-bond donors (Lipinski definition) is 0. The lowest BCUT2D eigenvalue weighted by Crippen LogP contribution is -2.46. The van der Waals surface area contributed by atoms with E-state index >= 15 is 0 Å². The largest absolute Gasteiger partial charge is 0.383 e. The summed E-state index contributed by atoms with van der Waals surface area (Å²) in [6.07, 6.45) is 2.95. The van der Waals surface area contributed by atoms with E-state index in [1.54, 1.807) is 12.0 Å². The number of rotatable bonds is 12. The molecule has 0 aliphatic heterocycles. The lowest BCUT2D eigenvalue weighted by molar-refractivity contribution is -0.134. The zero-order chi connectivity index (χ0) is 25.2. The molecular weight excluding hydrogens is 438 g/mol. The zero-order valence-corrected chi connectivity index (χ0v) is 21.3. The summed E-state index contributed by atoms with van der Waals surface area (Å²) in [7, 11) is 1.60. The molecule has 0 fully saturated rings. The van der Waals surface area contributed by atoms with Crippen molar-refractivity contribution in [2.75, 3.05) is 26.8 Å². The van der Waals surface area contributed by atoms with Gasteiger partial charge in [0.25, 0.3) is 5.91 Å². The Labute approximate surface area is 209 Å². The summed E-state index contributed by atoms with van der Waals surface area (Å²) in [5, 5.41) is 0. The monoisotopic (exact) mass is 475 g/mol. The molecule has 0 aliphatic rings. The summed E-state index contributed by atoms with van der Waals surface area (Å²) < 4.78 is 7.39. The van der Waals surface area contributed by atoms with Gasteiger partial charge < -0.3 is 19.1 Å². The SMILES string of the molecule is CCc1ccc(C(=O)N(CCOC)CC(=O)N(Cc2cccn2Cc2ccccc2)C(C)C)cc1. The first-order valence-corrected chi connectivity index (χ1v) is 12.3. The minimum atomic E-state index is -0.158. The molecular formula is C29H37N3O3. The molecule has 0 saturated heterocycles. The van der Waals surface area contributed by atoms with Crippen LogP contribution in [0.15, 0.2) is 72.9 Å². The van der Waals surface area contributed by atoms with Gasteiger partial charge in [-0.3, -0.25) is 9.59 Å². The van der Waals surface area contributed by atoms with E-state index < -0.39 is 0 Å². The van der Waals surface area contributed by atoms with Crippen LogP contribution in [0.1, 0.15) is 48.0 Å². The Kier molecular flexibility index (Phi) is 9.67. The predicted molar refractivity (Wildman–Crippen MR) is 139 cm³/mol. The number of carbonyl (C=O) groups is 2.